The summed E-state index contributed by atoms with van der Waals surface area (Å²) in [6.45, 7) is 0. The number of pyridine rings is 1. The van der Waals surface area contributed by atoms with E-state index in [1.165, 1.54) is 7.11 Å². The zero-order valence-electron chi connectivity index (χ0n) is 8.61. The molecule has 0 radical (unpaired) electrons. The van der Waals surface area contributed by atoms with Crippen LogP contribution in [-0.2, 0) is 0 Å². The van der Waals surface area contributed by atoms with Crippen molar-refractivity contribution in [2.75, 3.05) is 7.11 Å². The fourth-order valence-corrected chi connectivity index (χ4v) is 1.50. The number of nitrogens with two attached hydrogens (primary N) is 1. The van der Waals surface area contributed by atoms with Crippen LogP contribution < -0.4 is 16.0 Å². The lowest BCUT2D eigenvalue weighted by molar-refractivity contribution is 0.0995. The number of hydrogen-bond acceptors (Lipinski definition) is 3. The van der Waals surface area contributed by atoms with E-state index in [0.29, 0.717) is 16.5 Å². The lowest BCUT2D eigenvalue weighted by Gasteiger charge is -2.03. The number of ether oxygens (including phenoxy) is 1. The number of H-pyrrole nitrogens is 1. The van der Waals surface area contributed by atoms with Crippen molar-refractivity contribution in [3.8, 4) is 5.75 Å². The molecule has 0 aliphatic rings. The number of primary amides is 1. The van der Waals surface area contributed by atoms with E-state index in [2.05, 4.69) is 4.98 Å². The van der Waals surface area contributed by atoms with Gasteiger partial charge in [-0.1, -0.05) is 6.07 Å². The largest absolute Gasteiger partial charge is 0.497 e. The molecule has 0 bridgehead atoms. The Morgan fingerprint density at radius 1 is 1.38 bits per heavy atom. The van der Waals surface area contributed by atoms with E-state index in [9.17, 15) is 9.59 Å². The number of rotatable bonds is 2. The number of aromatic amines is 1. The SMILES string of the molecule is COc1ccc2cc(C(N)=O)[nH]c(=O)c2c1. The zero-order chi connectivity index (χ0) is 11.7. The molecule has 1 amide bonds. The van der Waals surface area contributed by atoms with Gasteiger partial charge in [0.15, 0.2) is 0 Å². The van der Waals surface area contributed by atoms with Gasteiger partial charge in [-0.05, 0) is 23.6 Å². The molecule has 0 aliphatic heterocycles. The van der Waals surface area contributed by atoms with Crippen molar-refractivity contribution in [1.82, 2.24) is 4.98 Å². The molecule has 0 saturated carbocycles. The van der Waals surface area contributed by atoms with E-state index in [4.69, 9.17) is 10.5 Å². The Morgan fingerprint density at radius 3 is 2.75 bits per heavy atom. The van der Waals surface area contributed by atoms with E-state index in [1.54, 1.807) is 24.3 Å². The van der Waals surface area contributed by atoms with Crippen LogP contribution in [-0.4, -0.2) is 18.0 Å². The van der Waals surface area contributed by atoms with Gasteiger partial charge < -0.3 is 15.5 Å². The van der Waals surface area contributed by atoms with Gasteiger partial charge in [0, 0.05) is 0 Å². The molecular formula is C11H10N2O3. The minimum absolute atomic E-state index is 0.0997. The summed E-state index contributed by atoms with van der Waals surface area (Å²) in [6, 6.07) is 6.57. The number of methoxy groups -OCH3 is 1. The number of carbonyl (C=O) groups is 1. The normalized spacial score (nSPS) is 10.3. The molecule has 5 heteroatoms. The van der Waals surface area contributed by atoms with Gasteiger partial charge in [-0.3, -0.25) is 9.59 Å². The number of hydrogen-bond donors (Lipinski definition) is 2. The summed E-state index contributed by atoms with van der Waals surface area (Å²) in [5.74, 6) is -0.0698. The molecule has 2 rings (SSSR count). The average molecular weight is 218 g/mol. The number of nitrogens with one attached hydrogen (secondary N) is 1. The molecule has 0 spiro atoms. The van der Waals surface area contributed by atoms with Gasteiger partial charge in [-0.25, -0.2) is 0 Å². The molecule has 2 aromatic rings. The molecule has 0 unspecified atom stereocenters. The zero-order valence-corrected chi connectivity index (χ0v) is 8.61. The van der Waals surface area contributed by atoms with Crippen molar-refractivity contribution in [3.05, 3.63) is 40.3 Å². The summed E-state index contributed by atoms with van der Waals surface area (Å²) in [7, 11) is 1.52. The summed E-state index contributed by atoms with van der Waals surface area (Å²) in [4.78, 5) is 25.0. The second-order valence-corrected chi connectivity index (χ2v) is 3.33. The average Bonchev–Trinajstić information content (AvgIpc) is 2.28. The van der Waals surface area contributed by atoms with Crippen LogP contribution in [0.15, 0.2) is 29.1 Å². The van der Waals surface area contributed by atoms with Crippen molar-refractivity contribution < 1.29 is 9.53 Å². The Bertz CT molecular complexity index is 616. The summed E-state index contributed by atoms with van der Waals surface area (Å²) in [6.07, 6.45) is 0. The highest BCUT2D eigenvalue weighted by Gasteiger charge is 2.06. The number of amides is 1. The Balaban J connectivity index is 2.76. The fourth-order valence-electron chi connectivity index (χ4n) is 1.50. The van der Waals surface area contributed by atoms with Gasteiger partial charge in [-0.15, -0.1) is 0 Å². The molecule has 82 valence electrons. The maximum atomic E-state index is 11.7. The molecule has 5 nitrogen and oxygen atoms in total. The minimum Gasteiger partial charge on any atom is -0.497 e. The number of carbonyl (C=O) groups excluding carboxylic acids is 1. The Morgan fingerprint density at radius 2 is 2.12 bits per heavy atom. The maximum Gasteiger partial charge on any atom is 0.265 e. The quantitative estimate of drug-likeness (QED) is 0.775. The highest BCUT2D eigenvalue weighted by molar-refractivity contribution is 5.95. The third-order valence-electron chi connectivity index (χ3n) is 2.32. The standard InChI is InChI=1S/C11H10N2O3/c1-16-7-3-2-6-4-9(10(12)14)13-11(15)8(6)5-7/h2-5H,1H3,(H2,12,14)(H,13,15). The summed E-state index contributed by atoms with van der Waals surface area (Å²) in [5.41, 5.74) is 4.84. The second-order valence-electron chi connectivity index (χ2n) is 3.33. The lowest BCUT2D eigenvalue weighted by atomic mass is 10.1. The summed E-state index contributed by atoms with van der Waals surface area (Å²) in [5, 5.41) is 1.11. The molecule has 0 fully saturated rings. The van der Waals surface area contributed by atoms with Crippen LogP contribution in [0.5, 0.6) is 5.75 Å². The summed E-state index contributed by atoms with van der Waals surface area (Å²) >= 11 is 0. The molecule has 1 heterocycles. The molecule has 16 heavy (non-hydrogen) atoms. The molecule has 0 aliphatic carbocycles. The predicted molar refractivity (Wildman–Crippen MR) is 59.6 cm³/mol. The molecule has 3 N–H and O–H groups in total. The van der Waals surface area contributed by atoms with E-state index in [0.717, 1.165) is 0 Å². The number of fused-ring (bicyclic) bond motifs is 1. The third kappa shape index (κ3) is 1.63. The van der Waals surface area contributed by atoms with Crippen LogP contribution in [0.3, 0.4) is 0 Å². The van der Waals surface area contributed by atoms with E-state index in [1.807, 2.05) is 0 Å². The van der Waals surface area contributed by atoms with Crippen LogP contribution in [0.2, 0.25) is 0 Å². The monoisotopic (exact) mass is 218 g/mol. The first kappa shape index (κ1) is 10.2. The minimum atomic E-state index is -0.658. The van der Waals surface area contributed by atoms with Crippen LogP contribution in [0.1, 0.15) is 10.5 Å². The molecular weight excluding hydrogens is 208 g/mol. The van der Waals surface area contributed by atoms with Gasteiger partial charge in [0.1, 0.15) is 11.4 Å². The van der Waals surface area contributed by atoms with Gasteiger partial charge in [-0.2, -0.15) is 0 Å². The first-order valence-electron chi connectivity index (χ1n) is 4.62. The molecule has 0 atom stereocenters. The lowest BCUT2D eigenvalue weighted by Crippen LogP contribution is -2.18. The van der Waals surface area contributed by atoms with Crippen LogP contribution in [0, 0.1) is 0 Å². The highest BCUT2D eigenvalue weighted by Crippen LogP contribution is 2.17. The number of benzene rings is 1. The topological polar surface area (TPSA) is 85.2 Å². The van der Waals surface area contributed by atoms with Crippen molar-refractivity contribution in [1.29, 1.82) is 0 Å². The second kappa shape index (κ2) is 3.69. The van der Waals surface area contributed by atoms with Gasteiger partial charge in [0.05, 0.1) is 12.5 Å². The van der Waals surface area contributed by atoms with Crippen LogP contribution >= 0.6 is 0 Å². The van der Waals surface area contributed by atoms with Gasteiger partial charge in [0.25, 0.3) is 11.5 Å². The van der Waals surface area contributed by atoms with Crippen LogP contribution in [0.25, 0.3) is 10.8 Å². The highest BCUT2D eigenvalue weighted by atomic mass is 16.5. The van der Waals surface area contributed by atoms with Crippen molar-refractivity contribution in [3.63, 3.8) is 0 Å². The van der Waals surface area contributed by atoms with E-state index >= 15 is 0 Å². The molecule has 0 saturated heterocycles. The first-order valence-corrected chi connectivity index (χ1v) is 4.62. The molecule has 1 aromatic heterocycles. The third-order valence-corrected chi connectivity index (χ3v) is 2.32. The van der Waals surface area contributed by atoms with Crippen molar-refractivity contribution >= 4 is 16.7 Å². The smallest absolute Gasteiger partial charge is 0.265 e. The van der Waals surface area contributed by atoms with E-state index < -0.39 is 5.91 Å². The predicted octanol–water partition coefficient (Wildman–Crippen LogP) is 0.636. The Labute approximate surface area is 90.8 Å². The van der Waals surface area contributed by atoms with E-state index in [-0.39, 0.29) is 11.3 Å². The summed E-state index contributed by atoms with van der Waals surface area (Å²) < 4.78 is 5.01. The Hall–Kier alpha value is -2.30. The first-order chi connectivity index (χ1) is 7.61. The van der Waals surface area contributed by atoms with Crippen LogP contribution in [0.4, 0.5) is 0 Å². The van der Waals surface area contributed by atoms with Crippen molar-refractivity contribution in [2.45, 2.75) is 0 Å². The number of aromatic nitrogens is 1. The molecule has 1 aromatic carbocycles. The Kier molecular flexibility index (Phi) is 2.36. The maximum absolute atomic E-state index is 11.7. The van der Waals surface area contributed by atoms with Gasteiger partial charge >= 0.3 is 0 Å². The fraction of sp³-hybridized carbons (Fsp3) is 0.0909. The van der Waals surface area contributed by atoms with Crippen molar-refractivity contribution in [2.24, 2.45) is 5.73 Å². The van der Waals surface area contributed by atoms with Gasteiger partial charge in [0.2, 0.25) is 0 Å².